The number of amides is 1. The maximum atomic E-state index is 11.3. The second-order valence-electron chi connectivity index (χ2n) is 6.71. The Morgan fingerprint density at radius 1 is 1.26 bits per heavy atom. The van der Waals surface area contributed by atoms with Crippen molar-refractivity contribution in [2.45, 2.75) is 44.1 Å². The molecule has 0 radical (unpaired) electrons. The maximum absolute atomic E-state index is 11.3. The molecule has 146 valence electrons. The molecule has 1 aromatic heterocycles. The molecule has 2 heterocycles. The summed E-state index contributed by atoms with van der Waals surface area (Å²) in [5.74, 6) is 0.360. The van der Waals surface area contributed by atoms with Crippen molar-refractivity contribution in [1.29, 1.82) is 0 Å². The highest BCUT2D eigenvalue weighted by atomic mass is 16.7. The van der Waals surface area contributed by atoms with Gasteiger partial charge in [-0.15, -0.1) is 0 Å². The minimum absolute atomic E-state index is 0.360. The summed E-state index contributed by atoms with van der Waals surface area (Å²) in [5, 5.41) is 11.2. The molecule has 1 fully saturated rings. The molecule has 0 aliphatic carbocycles. The van der Waals surface area contributed by atoms with Crippen LogP contribution in [0.15, 0.2) is 39.5 Å². The zero-order valence-corrected chi connectivity index (χ0v) is 15.1. The number of benzene rings is 1. The van der Waals surface area contributed by atoms with Crippen LogP contribution in [-0.2, 0) is 14.2 Å². The average Bonchev–Trinajstić information content (AvgIpc) is 2.58. The summed E-state index contributed by atoms with van der Waals surface area (Å²) in [7, 11) is 1.42. The molecule has 3 rings (SSSR count). The molecule has 1 aliphatic rings. The Labute approximate surface area is 154 Å². The quantitative estimate of drug-likeness (QED) is 0.757. The van der Waals surface area contributed by atoms with Gasteiger partial charge in [0.15, 0.2) is 6.10 Å². The van der Waals surface area contributed by atoms with Crippen molar-refractivity contribution in [3.63, 3.8) is 0 Å². The van der Waals surface area contributed by atoms with Crippen molar-refractivity contribution in [2.24, 2.45) is 5.73 Å². The molecular weight excluding hydrogens is 358 g/mol. The Balaban J connectivity index is 1.91. The molecule has 9 nitrogen and oxygen atoms in total. The molecule has 9 heteroatoms. The van der Waals surface area contributed by atoms with Gasteiger partial charge in [0.05, 0.1) is 5.60 Å². The van der Waals surface area contributed by atoms with Gasteiger partial charge in [-0.1, -0.05) is 0 Å². The van der Waals surface area contributed by atoms with Gasteiger partial charge in [-0.05, 0) is 38.1 Å². The third-order valence-electron chi connectivity index (χ3n) is 4.37. The van der Waals surface area contributed by atoms with E-state index in [1.54, 1.807) is 38.1 Å². The van der Waals surface area contributed by atoms with E-state index in [1.807, 2.05) is 0 Å². The maximum Gasteiger partial charge on any atom is 0.405 e. The average molecular weight is 379 g/mol. The summed E-state index contributed by atoms with van der Waals surface area (Å²) in [6.07, 6.45) is -5.42. The normalized spacial score (nSPS) is 27.3. The summed E-state index contributed by atoms with van der Waals surface area (Å²) in [6, 6.07) is 7.64. The van der Waals surface area contributed by atoms with Gasteiger partial charge in [0, 0.05) is 18.6 Å². The highest BCUT2D eigenvalue weighted by Crippen LogP contribution is 2.34. The molecule has 2 aromatic rings. The molecule has 3 N–H and O–H groups in total. The molecule has 1 aromatic carbocycles. The number of rotatable bonds is 4. The van der Waals surface area contributed by atoms with Crippen LogP contribution in [0.4, 0.5) is 4.79 Å². The molecule has 1 saturated heterocycles. The van der Waals surface area contributed by atoms with E-state index in [0.717, 1.165) is 0 Å². The van der Waals surface area contributed by atoms with Crippen molar-refractivity contribution < 1.29 is 33.3 Å². The van der Waals surface area contributed by atoms with E-state index in [4.69, 9.17) is 29.1 Å². The SMILES string of the molecule is CO[C@@H]1[C@@H](O)[C@H](OC(N)=O)C(Oc2ccc3oc(=O)ccc3c2)OC1(C)C. The first-order chi connectivity index (χ1) is 12.7. The second-order valence-corrected chi connectivity index (χ2v) is 6.71. The predicted octanol–water partition coefficient (Wildman–Crippen LogP) is 1.15. The lowest BCUT2D eigenvalue weighted by Crippen LogP contribution is -2.65. The number of carbonyl (C=O) groups is 1. The summed E-state index contributed by atoms with van der Waals surface area (Å²) < 4.78 is 27.1. The zero-order valence-electron chi connectivity index (χ0n) is 15.1. The fourth-order valence-electron chi connectivity index (χ4n) is 3.21. The summed E-state index contributed by atoms with van der Waals surface area (Å²) in [4.78, 5) is 22.5. The number of methoxy groups -OCH3 is 1. The Hall–Kier alpha value is -2.62. The van der Waals surface area contributed by atoms with Gasteiger partial charge in [0.2, 0.25) is 6.29 Å². The Bertz CT molecular complexity index is 892. The van der Waals surface area contributed by atoms with Crippen LogP contribution in [0.1, 0.15) is 13.8 Å². The van der Waals surface area contributed by atoms with Crippen LogP contribution in [0, 0.1) is 0 Å². The van der Waals surface area contributed by atoms with Crippen LogP contribution in [0.5, 0.6) is 5.75 Å². The van der Waals surface area contributed by atoms with Crippen LogP contribution in [0.2, 0.25) is 0 Å². The largest absolute Gasteiger partial charge is 0.461 e. The van der Waals surface area contributed by atoms with Crippen molar-refractivity contribution in [2.75, 3.05) is 7.11 Å². The van der Waals surface area contributed by atoms with E-state index in [1.165, 1.54) is 13.2 Å². The van der Waals surface area contributed by atoms with E-state index in [9.17, 15) is 14.7 Å². The Kier molecular flexibility index (Phi) is 5.09. The van der Waals surface area contributed by atoms with Gasteiger partial charge in [-0.3, -0.25) is 0 Å². The van der Waals surface area contributed by atoms with Crippen LogP contribution >= 0.6 is 0 Å². The Morgan fingerprint density at radius 3 is 2.67 bits per heavy atom. The summed E-state index contributed by atoms with van der Waals surface area (Å²) in [6.45, 7) is 3.44. The molecule has 27 heavy (non-hydrogen) atoms. The lowest BCUT2D eigenvalue weighted by Gasteiger charge is -2.47. The van der Waals surface area contributed by atoms with Crippen molar-refractivity contribution >= 4 is 17.1 Å². The fraction of sp³-hybridized carbons (Fsp3) is 0.444. The number of hydrogen-bond donors (Lipinski definition) is 2. The number of primary amides is 1. The van der Waals surface area contributed by atoms with Gasteiger partial charge in [0.1, 0.15) is 23.5 Å². The molecule has 1 aliphatic heterocycles. The van der Waals surface area contributed by atoms with E-state index in [0.29, 0.717) is 16.7 Å². The molecule has 1 unspecified atom stereocenters. The van der Waals surface area contributed by atoms with Crippen LogP contribution < -0.4 is 16.1 Å². The summed E-state index contributed by atoms with van der Waals surface area (Å²) in [5.41, 5.74) is 4.12. The number of carbonyl (C=O) groups excluding carboxylic acids is 1. The fourth-order valence-corrected chi connectivity index (χ4v) is 3.21. The van der Waals surface area contributed by atoms with E-state index < -0.39 is 41.9 Å². The molecule has 0 bridgehead atoms. The number of hydrogen-bond acceptors (Lipinski definition) is 8. The van der Waals surface area contributed by atoms with Gasteiger partial charge < -0.3 is 34.2 Å². The first-order valence-electron chi connectivity index (χ1n) is 8.26. The van der Waals surface area contributed by atoms with Gasteiger partial charge in [-0.2, -0.15) is 0 Å². The second kappa shape index (κ2) is 7.18. The lowest BCUT2D eigenvalue weighted by atomic mass is 9.89. The number of aliphatic hydroxyl groups excluding tert-OH is 1. The third-order valence-corrected chi connectivity index (χ3v) is 4.37. The number of aliphatic hydroxyl groups is 1. The van der Waals surface area contributed by atoms with Gasteiger partial charge in [-0.25, -0.2) is 9.59 Å². The monoisotopic (exact) mass is 379 g/mol. The highest BCUT2D eigenvalue weighted by molar-refractivity contribution is 5.77. The first kappa shape index (κ1) is 19.2. The first-order valence-corrected chi connectivity index (χ1v) is 8.26. The van der Waals surface area contributed by atoms with Crippen LogP contribution in [0.3, 0.4) is 0 Å². The van der Waals surface area contributed by atoms with Crippen molar-refractivity contribution in [1.82, 2.24) is 0 Å². The number of fused-ring (bicyclic) bond motifs is 1. The smallest absolute Gasteiger partial charge is 0.405 e. The predicted molar refractivity (Wildman–Crippen MR) is 93.3 cm³/mol. The van der Waals surface area contributed by atoms with Gasteiger partial charge >= 0.3 is 11.7 Å². The minimum atomic E-state index is -1.23. The van der Waals surface area contributed by atoms with E-state index in [-0.39, 0.29) is 0 Å². The molecule has 1 amide bonds. The summed E-state index contributed by atoms with van der Waals surface area (Å²) >= 11 is 0. The van der Waals surface area contributed by atoms with Crippen LogP contribution in [-0.4, -0.2) is 48.5 Å². The highest BCUT2D eigenvalue weighted by Gasteiger charge is 2.52. The van der Waals surface area contributed by atoms with Gasteiger partial charge in [0.25, 0.3) is 0 Å². The standard InChI is InChI=1S/C18H21NO8/c1-18(2)15(23-3)13(21)14(26-17(19)22)16(27-18)24-10-5-6-11-9(8-10)4-7-12(20)25-11/h4-8,13-16,21H,1-3H3,(H2,19,22)/t13-,14-,15+,16?/m0/s1. The van der Waals surface area contributed by atoms with Crippen molar-refractivity contribution in [3.05, 3.63) is 40.8 Å². The zero-order chi connectivity index (χ0) is 19.8. The molecule has 0 saturated carbocycles. The topological polar surface area (TPSA) is 130 Å². The Morgan fingerprint density at radius 2 is 2.00 bits per heavy atom. The van der Waals surface area contributed by atoms with E-state index >= 15 is 0 Å². The lowest BCUT2D eigenvalue weighted by molar-refractivity contribution is -0.304. The van der Waals surface area contributed by atoms with Crippen molar-refractivity contribution in [3.8, 4) is 5.75 Å². The third kappa shape index (κ3) is 3.90. The number of nitrogens with two attached hydrogens (primary N) is 1. The minimum Gasteiger partial charge on any atom is -0.461 e. The van der Waals surface area contributed by atoms with Crippen LogP contribution in [0.25, 0.3) is 11.0 Å². The van der Waals surface area contributed by atoms with E-state index in [2.05, 4.69) is 0 Å². The molecule has 0 spiro atoms. The number of ether oxygens (including phenoxy) is 4. The molecule has 4 atom stereocenters. The molecular formula is C18H21NO8.